The molecule has 1 rings (SSSR count). The van der Waals surface area contributed by atoms with Crippen molar-refractivity contribution < 1.29 is 9.90 Å². The molecule has 3 heteroatoms. The highest BCUT2D eigenvalue weighted by atomic mass is 31.0. The highest BCUT2D eigenvalue weighted by Crippen LogP contribution is 2.43. The second-order valence-electron chi connectivity index (χ2n) is 6.64. The number of benzene rings is 1. The van der Waals surface area contributed by atoms with Crippen molar-refractivity contribution >= 4 is 15.2 Å². The summed E-state index contributed by atoms with van der Waals surface area (Å²) in [6, 6.07) is 9.16. The van der Waals surface area contributed by atoms with Crippen molar-refractivity contribution in [3.63, 3.8) is 0 Å². The topological polar surface area (TPSA) is 37.3 Å². The lowest BCUT2D eigenvalue weighted by atomic mass is 9.84. The van der Waals surface area contributed by atoms with Gasteiger partial charge in [-0.1, -0.05) is 77.1 Å². The minimum atomic E-state index is -0.833. The third kappa shape index (κ3) is 9.42. The van der Waals surface area contributed by atoms with Crippen LogP contribution in [0.2, 0.25) is 0 Å². The summed E-state index contributed by atoms with van der Waals surface area (Å²) in [5.74, 6) is -0.833. The molecule has 24 heavy (non-hydrogen) atoms. The van der Waals surface area contributed by atoms with Crippen LogP contribution in [-0.2, 0) is 16.4 Å². The molecule has 1 aromatic rings. The lowest BCUT2D eigenvalue weighted by Crippen LogP contribution is -2.20. The van der Waals surface area contributed by atoms with Crippen LogP contribution in [0.15, 0.2) is 24.3 Å². The molecule has 0 radical (unpaired) electrons. The Morgan fingerprint density at radius 3 is 1.92 bits per heavy atom. The van der Waals surface area contributed by atoms with Crippen LogP contribution in [-0.4, -0.2) is 11.1 Å². The minimum Gasteiger partial charge on any atom is -0.481 e. The van der Waals surface area contributed by atoms with Crippen molar-refractivity contribution in [3.8, 4) is 0 Å². The van der Waals surface area contributed by atoms with Gasteiger partial charge in [0.25, 0.3) is 5.97 Å². The van der Waals surface area contributed by atoms with E-state index >= 15 is 0 Å². The normalized spacial score (nSPS) is 10.9. The summed E-state index contributed by atoms with van der Waals surface area (Å²) in [7, 11) is 3.23. The van der Waals surface area contributed by atoms with Gasteiger partial charge in [0.05, 0.1) is 0 Å². The fourth-order valence-corrected chi connectivity index (χ4v) is 3.66. The molecule has 0 aromatic heterocycles. The van der Waals surface area contributed by atoms with E-state index in [1.165, 1.54) is 57.8 Å². The first-order valence-corrected chi connectivity index (χ1v) is 10.1. The van der Waals surface area contributed by atoms with Crippen LogP contribution >= 0.6 is 9.24 Å². The van der Waals surface area contributed by atoms with E-state index in [1.807, 2.05) is 0 Å². The largest absolute Gasteiger partial charge is 0.481 e. The maximum atomic E-state index is 9.00. The van der Waals surface area contributed by atoms with E-state index in [0.29, 0.717) is 5.16 Å². The van der Waals surface area contributed by atoms with Crippen LogP contribution in [0.3, 0.4) is 0 Å². The van der Waals surface area contributed by atoms with Crippen molar-refractivity contribution in [1.82, 2.24) is 0 Å². The van der Waals surface area contributed by atoms with Gasteiger partial charge in [0.1, 0.15) is 0 Å². The third-order valence-electron chi connectivity index (χ3n) is 4.31. The number of aryl methyl sites for hydroxylation is 1. The van der Waals surface area contributed by atoms with Gasteiger partial charge in [-0.25, -0.2) is 0 Å². The van der Waals surface area contributed by atoms with Gasteiger partial charge in [0.15, 0.2) is 0 Å². The molecule has 138 valence electrons. The maximum absolute atomic E-state index is 9.00. The van der Waals surface area contributed by atoms with Crippen molar-refractivity contribution in [3.05, 3.63) is 35.4 Å². The Kier molecular flexibility index (Phi) is 12.9. The van der Waals surface area contributed by atoms with Gasteiger partial charge in [0, 0.05) is 12.1 Å². The molecule has 1 N–H and O–H groups in total. The van der Waals surface area contributed by atoms with E-state index in [0.717, 1.165) is 6.92 Å². The van der Waals surface area contributed by atoms with E-state index in [4.69, 9.17) is 9.90 Å². The molecule has 0 heterocycles. The van der Waals surface area contributed by atoms with Gasteiger partial charge in [-0.15, -0.1) is 9.24 Å². The van der Waals surface area contributed by atoms with Crippen LogP contribution in [0.5, 0.6) is 0 Å². The number of carbonyl (C=O) groups is 1. The maximum Gasteiger partial charge on any atom is 0.300 e. The Balaban J connectivity index is 0.00000118. The van der Waals surface area contributed by atoms with Gasteiger partial charge in [-0.05, 0) is 36.8 Å². The molecule has 1 atom stereocenters. The fraction of sp³-hybridized carbons (Fsp3) is 0.667. The summed E-state index contributed by atoms with van der Waals surface area (Å²) in [6.07, 6.45) is 11.7. The second-order valence-corrected chi connectivity index (χ2v) is 7.75. The lowest BCUT2D eigenvalue weighted by molar-refractivity contribution is -0.134. The highest BCUT2D eigenvalue weighted by molar-refractivity contribution is 7.18. The highest BCUT2D eigenvalue weighted by Gasteiger charge is 2.27. The average Bonchev–Trinajstić information content (AvgIpc) is 2.56. The third-order valence-corrected chi connectivity index (χ3v) is 5.19. The number of hydrogen-bond donors (Lipinski definition) is 1. The van der Waals surface area contributed by atoms with E-state index in [9.17, 15) is 0 Å². The number of aliphatic carboxylic acids is 1. The molecule has 1 aromatic carbocycles. The SMILES string of the molecule is CC(=O)O.CCCCc1ccccc1C(P)(CCCC)CCCC. The summed E-state index contributed by atoms with van der Waals surface area (Å²) >= 11 is 0. The van der Waals surface area contributed by atoms with E-state index in [1.54, 1.807) is 11.1 Å². The van der Waals surface area contributed by atoms with Crippen molar-refractivity contribution in [2.24, 2.45) is 0 Å². The quantitative estimate of drug-likeness (QED) is 0.483. The van der Waals surface area contributed by atoms with Crippen LogP contribution in [0.25, 0.3) is 0 Å². The molecule has 0 amide bonds. The molecular weight excluding hydrogens is 315 g/mol. The lowest BCUT2D eigenvalue weighted by Gasteiger charge is -2.32. The molecule has 0 spiro atoms. The minimum absolute atomic E-state index is 0.302. The second kappa shape index (κ2) is 13.4. The first-order chi connectivity index (χ1) is 11.4. The van der Waals surface area contributed by atoms with Crippen molar-refractivity contribution in [2.45, 2.75) is 90.6 Å². The molecular formula is C21H37O2P. The number of carboxylic acids is 1. The Labute approximate surface area is 151 Å². The van der Waals surface area contributed by atoms with Gasteiger partial charge >= 0.3 is 0 Å². The molecule has 0 saturated heterocycles. The molecule has 0 fully saturated rings. The number of unbranched alkanes of at least 4 members (excludes halogenated alkanes) is 3. The fourth-order valence-electron chi connectivity index (χ4n) is 2.97. The Morgan fingerprint density at radius 1 is 1.00 bits per heavy atom. The number of carboxylic acid groups (broad SMARTS) is 1. The average molecular weight is 352 g/mol. The first-order valence-electron chi connectivity index (χ1n) is 9.48. The van der Waals surface area contributed by atoms with Gasteiger partial charge in [-0.3, -0.25) is 4.79 Å². The zero-order chi connectivity index (χ0) is 18.4. The van der Waals surface area contributed by atoms with Gasteiger partial charge in [-0.2, -0.15) is 0 Å². The molecule has 0 aliphatic carbocycles. The smallest absolute Gasteiger partial charge is 0.300 e. The molecule has 2 nitrogen and oxygen atoms in total. The molecule has 1 unspecified atom stereocenters. The van der Waals surface area contributed by atoms with Crippen LogP contribution in [0.1, 0.15) is 90.2 Å². The van der Waals surface area contributed by atoms with Crippen molar-refractivity contribution in [2.75, 3.05) is 0 Å². The Morgan fingerprint density at radius 2 is 1.46 bits per heavy atom. The molecule has 0 saturated carbocycles. The van der Waals surface area contributed by atoms with Gasteiger partial charge < -0.3 is 5.11 Å². The number of hydrogen-bond acceptors (Lipinski definition) is 1. The van der Waals surface area contributed by atoms with Crippen molar-refractivity contribution in [1.29, 1.82) is 0 Å². The molecule has 0 bridgehead atoms. The standard InChI is InChI=1S/C19H33P.C2H4O2/c1-4-7-12-17-13-10-11-14-18(17)19(20,15-8-5-2)16-9-6-3;1-2(3)4/h10-11,13-14H,4-9,12,15-16,20H2,1-3H3;1H3,(H,3,4). The predicted octanol–water partition coefficient (Wildman–Crippen LogP) is 6.57. The van der Waals surface area contributed by atoms with E-state index < -0.39 is 5.97 Å². The van der Waals surface area contributed by atoms with Crippen LogP contribution < -0.4 is 0 Å². The monoisotopic (exact) mass is 352 g/mol. The summed E-state index contributed by atoms with van der Waals surface area (Å²) in [5.41, 5.74) is 3.18. The molecule has 0 aliphatic heterocycles. The van der Waals surface area contributed by atoms with Crippen LogP contribution in [0, 0.1) is 0 Å². The number of rotatable bonds is 10. The van der Waals surface area contributed by atoms with Crippen LogP contribution in [0.4, 0.5) is 0 Å². The zero-order valence-electron chi connectivity index (χ0n) is 16.1. The summed E-state index contributed by atoms with van der Waals surface area (Å²) in [6.45, 7) is 7.96. The summed E-state index contributed by atoms with van der Waals surface area (Å²) < 4.78 is 0. The van der Waals surface area contributed by atoms with Gasteiger partial charge in [0.2, 0.25) is 0 Å². The predicted molar refractivity (Wildman–Crippen MR) is 109 cm³/mol. The van der Waals surface area contributed by atoms with E-state index in [-0.39, 0.29) is 0 Å². The first kappa shape index (κ1) is 23.1. The molecule has 0 aliphatic rings. The Bertz CT molecular complexity index is 445. The summed E-state index contributed by atoms with van der Waals surface area (Å²) in [5, 5.41) is 7.72. The Hall–Kier alpha value is -0.880. The summed E-state index contributed by atoms with van der Waals surface area (Å²) in [4.78, 5) is 9.00. The zero-order valence-corrected chi connectivity index (χ0v) is 17.3. The van der Waals surface area contributed by atoms with E-state index in [2.05, 4.69) is 54.3 Å².